The van der Waals surface area contributed by atoms with Crippen molar-refractivity contribution in [1.29, 1.82) is 0 Å². The molecule has 3 aromatic rings. The molecule has 1 fully saturated rings. The minimum atomic E-state index is -1.02. The molecule has 7 nitrogen and oxygen atoms in total. The maximum atomic E-state index is 13.9. The number of Topliss-reactive ketones (excluding diaryl/α,β-unsaturated/α-hetero) is 1. The third-order valence-electron chi connectivity index (χ3n) is 4.77. The van der Waals surface area contributed by atoms with Gasteiger partial charge in [0.15, 0.2) is 0 Å². The van der Waals surface area contributed by atoms with Crippen molar-refractivity contribution in [2.24, 2.45) is 0 Å². The molecule has 1 amide bonds. The average molecular weight is 460 g/mol. The van der Waals surface area contributed by atoms with Crippen molar-refractivity contribution < 1.29 is 23.8 Å². The number of hydrogen-bond donors (Lipinski definition) is 1. The van der Waals surface area contributed by atoms with Gasteiger partial charge in [-0.2, -0.15) is 0 Å². The summed E-state index contributed by atoms with van der Waals surface area (Å²) in [6.45, 7) is 1.71. The zero-order chi connectivity index (χ0) is 22.3. The standard InChI is InChI=1S/C21H15ClFN3O4S/c1-10-24-25-21(31-10)26-17(11-3-5-12(22)6-4-11)16(19(28)20(26)29)18(27)14-9-13(23)7-8-15(14)30-2/h3-9,17,27H,1-2H3/b18-16+. The summed E-state index contributed by atoms with van der Waals surface area (Å²) in [5, 5.41) is 20.2. The van der Waals surface area contributed by atoms with E-state index in [4.69, 9.17) is 16.3 Å². The molecular weight excluding hydrogens is 445 g/mol. The second kappa shape index (κ2) is 8.09. The van der Waals surface area contributed by atoms with Crippen LogP contribution in [0.25, 0.3) is 5.76 Å². The highest BCUT2D eigenvalue weighted by Crippen LogP contribution is 2.44. The number of anilines is 1. The van der Waals surface area contributed by atoms with Gasteiger partial charge in [-0.1, -0.05) is 35.1 Å². The number of rotatable bonds is 4. The lowest BCUT2D eigenvalue weighted by atomic mass is 9.95. The first kappa shape index (κ1) is 21.0. The van der Waals surface area contributed by atoms with Crippen molar-refractivity contribution >= 4 is 45.5 Å². The van der Waals surface area contributed by atoms with Gasteiger partial charge in [-0.25, -0.2) is 4.39 Å². The number of nitrogens with zero attached hydrogens (tertiary/aromatic N) is 3. The van der Waals surface area contributed by atoms with Gasteiger partial charge in [0.2, 0.25) is 5.13 Å². The van der Waals surface area contributed by atoms with E-state index in [2.05, 4.69) is 10.2 Å². The molecule has 1 aliphatic heterocycles. The fourth-order valence-corrected chi connectivity index (χ4v) is 4.22. The summed E-state index contributed by atoms with van der Waals surface area (Å²) in [7, 11) is 1.35. The quantitative estimate of drug-likeness (QED) is 0.356. The van der Waals surface area contributed by atoms with Crippen molar-refractivity contribution in [3.8, 4) is 5.75 Å². The molecule has 0 saturated carbocycles. The van der Waals surface area contributed by atoms with Crippen LogP contribution in [0.1, 0.15) is 22.2 Å². The molecule has 2 aromatic carbocycles. The molecule has 158 valence electrons. The van der Waals surface area contributed by atoms with Crippen LogP contribution in [0.5, 0.6) is 5.75 Å². The van der Waals surface area contributed by atoms with Crippen molar-refractivity contribution in [2.75, 3.05) is 12.0 Å². The molecule has 2 heterocycles. The number of aryl methyl sites for hydroxylation is 1. The smallest absolute Gasteiger partial charge is 0.301 e. The number of ketones is 1. The van der Waals surface area contributed by atoms with Crippen LogP contribution >= 0.6 is 22.9 Å². The minimum absolute atomic E-state index is 0.0482. The predicted molar refractivity (Wildman–Crippen MR) is 114 cm³/mol. The monoisotopic (exact) mass is 459 g/mol. The number of halogens is 2. The fraction of sp³-hybridized carbons (Fsp3) is 0.143. The Morgan fingerprint density at radius 3 is 2.52 bits per heavy atom. The summed E-state index contributed by atoms with van der Waals surface area (Å²) in [6, 6.07) is 8.98. The fourth-order valence-electron chi connectivity index (χ4n) is 3.38. The molecule has 10 heteroatoms. The van der Waals surface area contributed by atoms with E-state index in [1.165, 1.54) is 18.1 Å². The van der Waals surface area contributed by atoms with Gasteiger partial charge in [0.25, 0.3) is 5.78 Å². The molecule has 0 bridgehead atoms. The Hall–Kier alpha value is -3.30. The van der Waals surface area contributed by atoms with Crippen LogP contribution in [-0.2, 0) is 9.59 Å². The number of amides is 1. The minimum Gasteiger partial charge on any atom is -0.507 e. The van der Waals surface area contributed by atoms with Crippen molar-refractivity contribution in [3.05, 3.63) is 75.0 Å². The molecule has 1 atom stereocenters. The van der Waals surface area contributed by atoms with E-state index in [1.807, 2.05) is 0 Å². The Labute approximate surface area is 185 Å². The molecule has 0 aliphatic carbocycles. The van der Waals surface area contributed by atoms with Crippen LogP contribution in [-0.4, -0.2) is 34.1 Å². The average Bonchev–Trinajstić information content (AvgIpc) is 3.29. The number of benzene rings is 2. The molecule has 1 saturated heterocycles. The third-order valence-corrected chi connectivity index (χ3v) is 5.86. The van der Waals surface area contributed by atoms with Crippen molar-refractivity contribution in [1.82, 2.24) is 10.2 Å². The van der Waals surface area contributed by atoms with Crippen LogP contribution < -0.4 is 9.64 Å². The van der Waals surface area contributed by atoms with E-state index < -0.39 is 29.3 Å². The number of methoxy groups -OCH3 is 1. The van der Waals surface area contributed by atoms with E-state index in [0.29, 0.717) is 15.6 Å². The van der Waals surface area contributed by atoms with Crippen LogP contribution in [0.15, 0.2) is 48.0 Å². The molecule has 31 heavy (non-hydrogen) atoms. The maximum Gasteiger partial charge on any atom is 0.301 e. The second-order valence-electron chi connectivity index (χ2n) is 6.67. The van der Waals surface area contributed by atoms with E-state index >= 15 is 0 Å². The number of carbonyl (C=O) groups is 2. The first-order valence-corrected chi connectivity index (χ1v) is 10.2. The van der Waals surface area contributed by atoms with Gasteiger partial charge in [-0.3, -0.25) is 14.5 Å². The lowest BCUT2D eigenvalue weighted by Crippen LogP contribution is -2.29. The van der Waals surface area contributed by atoms with Crippen LogP contribution in [0.2, 0.25) is 5.02 Å². The Kier molecular flexibility index (Phi) is 5.47. The molecule has 1 aromatic heterocycles. The molecule has 1 N–H and O–H groups in total. The second-order valence-corrected chi connectivity index (χ2v) is 8.27. The maximum absolute atomic E-state index is 13.9. The van der Waals surface area contributed by atoms with Gasteiger partial charge < -0.3 is 9.84 Å². The Morgan fingerprint density at radius 1 is 1.19 bits per heavy atom. The van der Waals surface area contributed by atoms with Crippen LogP contribution in [0, 0.1) is 12.7 Å². The lowest BCUT2D eigenvalue weighted by Gasteiger charge is -2.22. The van der Waals surface area contributed by atoms with Crippen molar-refractivity contribution in [2.45, 2.75) is 13.0 Å². The lowest BCUT2D eigenvalue weighted by molar-refractivity contribution is -0.132. The normalized spacial score (nSPS) is 17.9. The van der Waals surface area contributed by atoms with Gasteiger partial charge in [-0.05, 0) is 42.8 Å². The number of hydrogen-bond acceptors (Lipinski definition) is 7. The van der Waals surface area contributed by atoms with E-state index in [-0.39, 0.29) is 22.0 Å². The van der Waals surface area contributed by atoms with Crippen LogP contribution in [0.4, 0.5) is 9.52 Å². The summed E-state index contributed by atoms with van der Waals surface area (Å²) in [4.78, 5) is 27.2. The number of aromatic nitrogens is 2. The zero-order valence-corrected chi connectivity index (χ0v) is 17.9. The first-order valence-electron chi connectivity index (χ1n) is 9.02. The van der Waals surface area contributed by atoms with Gasteiger partial charge in [0.05, 0.1) is 24.3 Å². The van der Waals surface area contributed by atoms with Crippen LogP contribution in [0.3, 0.4) is 0 Å². The molecule has 0 spiro atoms. The highest BCUT2D eigenvalue weighted by Gasteiger charge is 2.48. The zero-order valence-electron chi connectivity index (χ0n) is 16.3. The Morgan fingerprint density at radius 2 is 1.90 bits per heavy atom. The third kappa shape index (κ3) is 3.66. The Bertz CT molecular complexity index is 1230. The van der Waals surface area contributed by atoms with E-state index in [1.54, 1.807) is 31.2 Å². The summed E-state index contributed by atoms with van der Waals surface area (Å²) >= 11 is 7.12. The van der Waals surface area contributed by atoms with Gasteiger partial charge >= 0.3 is 5.91 Å². The summed E-state index contributed by atoms with van der Waals surface area (Å²) < 4.78 is 19.1. The first-order chi connectivity index (χ1) is 14.8. The predicted octanol–water partition coefficient (Wildman–Crippen LogP) is 4.27. The summed E-state index contributed by atoms with van der Waals surface area (Å²) in [5.74, 6) is -2.87. The molecule has 1 unspecified atom stereocenters. The van der Waals surface area contributed by atoms with Crippen molar-refractivity contribution in [3.63, 3.8) is 0 Å². The summed E-state index contributed by atoms with van der Waals surface area (Å²) in [5.41, 5.74) is 0.241. The topological polar surface area (TPSA) is 92.6 Å². The van der Waals surface area contributed by atoms with Gasteiger partial charge in [0.1, 0.15) is 22.3 Å². The largest absolute Gasteiger partial charge is 0.507 e. The van der Waals surface area contributed by atoms with E-state index in [0.717, 1.165) is 23.5 Å². The van der Waals surface area contributed by atoms with Gasteiger partial charge in [0, 0.05) is 5.02 Å². The molecule has 1 aliphatic rings. The Balaban J connectivity index is 1.98. The van der Waals surface area contributed by atoms with E-state index in [9.17, 15) is 19.1 Å². The highest BCUT2D eigenvalue weighted by molar-refractivity contribution is 7.15. The number of aliphatic hydroxyl groups excluding tert-OH is 1. The number of ether oxygens (including phenoxy) is 1. The number of aliphatic hydroxyl groups is 1. The summed E-state index contributed by atoms with van der Waals surface area (Å²) in [6.07, 6.45) is 0. The number of carbonyl (C=O) groups excluding carboxylic acids is 2. The van der Waals surface area contributed by atoms with Gasteiger partial charge in [-0.15, -0.1) is 10.2 Å². The molecule has 0 radical (unpaired) electrons. The molecular formula is C21H15ClFN3O4S. The molecule has 4 rings (SSSR count). The highest BCUT2D eigenvalue weighted by atomic mass is 35.5. The SMILES string of the molecule is COc1ccc(F)cc1/C(O)=C1\C(=O)C(=O)N(c2nnc(C)s2)C1c1ccc(Cl)cc1.